The van der Waals surface area contributed by atoms with Crippen molar-refractivity contribution in [1.29, 1.82) is 0 Å². The van der Waals surface area contributed by atoms with Crippen LogP contribution in [-0.2, 0) is 0 Å². The molecular weight excluding hydrogens is 262 g/mol. The molecule has 1 aliphatic carbocycles. The molecule has 2 rings (SSSR count). The maximum atomic E-state index is 3.55. The van der Waals surface area contributed by atoms with Crippen molar-refractivity contribution in [1.82, 2.24) is 5.32 Å². The van der Waals surface area contributed by atoms with Crippen molar-refractivity contribution in [3.05, 3.63) is 29.8 Å². The van der Waals surface area contributed by atoms with Crippen molar-refractivity contribution in [2.45, 2.75) is 74.5 Å². The molecule has 20 heavy (non-hydrogen) atoms. The highest BCUT2D eigenvalue weighted by Crippen LogP contribution is 2.33. The number of benzene rings is 1. The second-order valence-electron chi connectivity index (χ2n) is 6.27. The minimum Gasteiger partial charge on any atom is -0.316 e. The molecule has 112 valence electrons. The number of nitrogens with one attached hydrogen (secondary N) is 1. The van der Waals surface area contributed by atoms with Crippen LogP contribution in [0.5, 0.6) is 0 Å². The summed E-state index contributed by atoms with van der Waals surface area (Å²) >= 11 is 2.08. The molecule has 1 N–H and O–H groups in total. The first-order valence-corrected chi connectivity index (χ1v) is 9.02. The summed E-state index contributed by atoms with van der Waals surface area (Å²) in [6.45, 7) is 4.52. The summed E-state index contributed by atoms with van der Waals surface area (Å²) in [4.78, 5) is 1.43. The molecule has 0 aromatic heterocycles. The number of hydrogen-bond donors (Lipinski definition) is 1. The average Bonchev–Trinajstić information content (AvgIpc) is 2.43. The standard InChI is InChI=1S/C18H29NS/c1-14(2)15-10-12-16(13-11-15)20-18-9-7-5-4-6-8-17(18)19-3/h10-14,17-19H,4-9H2,1-3H3. The van der Waals surface area contributed by atoms with Gasteiger partial charge < -0.3 is 5.32 Å². The molecule has 2 unspecified atom stereocenters. The van der Waals surface area contributed by atoms with E-state index in [0.29, 0.717) is 12.0 Å². The van der Waals surface area contributed by atoms with Crippen LogP contribution >= 0.6 is 11.8 Å². The van der Waals surface area contributed by atoms with E-state index >= 15 is 0 Å². The molecule has 0 amide bonds. The Bertz CT molecular complexity index is 385. The molecule has 1 aromatic rings. The molecule has 1 aromatic carbocycles. The SMILES string of the molecule is CNC1CCCCCCC1Sc1ccc(C(C)C)cc1. The minimum absolute atomic E-state index is 0.625. The first kappa shape index (κ1) is 15.9. The van der Waals surface area contributed by atoms with Crippen LogP contribution in [0.4, 0.5) is 0 Å². The Labute approximate surface area is 128 Å². The van der Waals surface area contributed by atoms with E-state index in [1.165, 1.54) is 49.0 Å². The summed E-state index contributed by atoms with van der Waals surface area (Å²) in [5, 5.41) is 4.28. The summed E-state index contributed by atoms with van der Waals surface area (Å²) in [6, 6.07) is 9.89. The molecule has 0 heterocycles. The van der Waals surface area contributed by atoms with Crippen LogP contribution in [-0.4, -0.2) is 18.3 Å². The first-order chi connectivity index (χ1) is 9.70. The van der Waals surface area contributed by atoms with Gasteiger partial charge in [-0.25, -0.2) is 0 Å². The highest BCUT2D eigenvalue weighted by atomic mass is 32.2. The van der Waals surface area contributed by atoms with Gasteiger partial charge in [0.1, 0.15) is 0 Å². The lowest BCUT2D eigenvalue weighted by atomic mass is 9.96. The lowest BCUT2D eigenvalue weighted by molar-refractivity contribution is 0.420. The van der Waals surface area contributed by atoms with Gasteiger partial charge in [-0.1, -0.05) is 51.7 Å². The zero-order chi connectivity index (χ0) is 14.4. The third-order valence-electron chi connectivity index (χ3n) is 4.41. The largest absolute Gasteiger partial charge is 0.316 e. The van der Waals surface area contributed by atoms with Crippen LogP contribution in [0, 0.1) is 0 Å². The van der Waals surface area contributed by atoms with Gasteiger partial charge in [0.15, 0.2) is 0 Å². The third-order valence-corrected chi connectivity index (χ3v) is 5.82. The van der Waals surface area contributed by atoms with E-state index in [9.17, 15) is 0 Å². The van der Waals surface area contributed by atoms with Crippen LogP contribution < -0.4 is 5.32 Å². The van der Waals surface area contributed by atoms with E-state index in [4.69, 9.17) is 0 Å². The zero-order valence-corrected chi connectivity index (χ0v) is 14.0. The van der Waals surface area contributed by atoms with Gasteiger partial charge in [0, 0.05) is 16.2 Å². The van der Waals surface area contributed by atoms with Gasteiger partial charge in [0.05, 0.1) is 0 Å². The highest BCUT2D eigenvalue weighted by molar-refractivity contribution is 8.00. The summed E-state index contributed by atoms with van der Waals surface area (Å²) in [7, 11) is 2.13. The van der Waals surface area contributed by atoms with Crippen molar-refractivity contribution >= 4 is 11.8 Å². The van der Waals surface area contributed by atoms with E-state index in [-0.39, 0.29) is 0 Å². The van der Waals surface area contributed by atoms with E-state index in [1.54, 1.807) is 0 Å². The van der Waals surface area contributed by atoms with Crippen LogP contribution in [0.2, 0.25) is 0 Å². The lowest BCUT2D eigenvalue weighted by Gasteiger charge is -2.28. The maximum absolute atomic E-state index is 3.55. The Kier molecular flexibility index (Phi) is 6.44. The first-order valence-electron chi connectivity index (χ1n) is 8.14. The van der Waals surface area contributed by atoms with E-state index in [1.807, 2.05) is 0 Å². The van der Waals surface area contributed by atoms with E-state index in [0.717, 1.165) is 5.25 Å². The Morgan fingerprint density at radius 1 is 1.00 bits per heavy atom. The molecule has 1 aliphatic rings. The fraction of sp³-hybridized carbons (Fsp3) is 0.667. The molecule has 0 radical (unpaired) electrons. The van der Waals surface area contributed by atoms with Gasteiger partial charge in [-0.2, -0.15) is 0 Å². The molecule has 0 saturated heterocycles. The molecule has 0 spiro atoms. The van der Waals surface area contributed by atoms with Crippen molar-refractivity contribution in [2.75, 3.05) is 7.05 Å². The molecule has 0 bridgehead atoms. The van der Waals surface area contributed by atoms with Gasteiger partial charge in [0.2, 0.25) is 0 Å². The molecule has 0 aliphatic heterocycles. The second-order valence-corrected chi connectivity index (χ2v) is 7.58. The van der Waals surface area contributed by atoms with Gasteiger partial charge in [-0.05, 0) is 43.5 Å². The van der Waals surface area contributed by atoms with E-state index in [2.05, 4.69) is 62.2 Å². The maximum Gasteiger partial charge on any atom is 0.0248 e. The fourth-order valence-electron chi connectivity index (χ4n) is 3.03. The summed E-state index contributed by atoms with van der Waals surface area (Å²) < 4.78 is 0. The van der Waals surface area contributed by atoms with Crippen molar-refractivity contribution in [3.63, 3.8) is 0 Å². The highest BCUT2D eigenvalue weighted by Gasteiger charge is 2.22. The Balaban J connectivity index is 2.01. The van der Waals surface area contributed by atoms with Gasteiger partial charge in [0.25, 0.3) is 0 Å². The van der Waals surface area contributed by atoms with E-state index < -0.39 is 0 Å². The van der Waals surface area contributed by atoms with Crippen LogP contribution in [0.3, 0.4) is 0 Å². The fourth-order valence-corrected chi connectivity index (χ4v) is 4.39. The molecule has 2 heteroatoms. The van der Waals surface area contributed by atoms with Crippen molar-refractivity contribution in [3.8, 4) is 0 Å². The van der Waals surface area contributed by atoms with Crippen LogP contribution in [0.15, 0.2) is 29.2 Å². The number of thioether (sulfide) groups is 1. The number of hydrogen-bond acceptors (Lipinski definition) is 2. The lowest BCUT2D eigenvalue weighted by Crippen LogP contribution is -2.36. The monoisotopic (exact) mass is 291 g/mol. The zero-order valence-electron chi connectivity index (χ0n) is 13.2. The molecular formula is C18H29NS. The topological polar surface area (TPSA) is 12.0 Å². The molecule has 2 atom stereocenters. The minimum atomic E-state index is 0.625. The third kappa shape index (κ3) is 4.53. The van der Waals surface area contributed by atoms with Crippen molar-refractivity contribution in [2.24, 2.45) is 0 Å². The van der Waals surface area contributed by atoms with Gasteiger partial charge in [-0.15, -0.1) is 11.8 Å². The summed E-state index contributed by atoms with van der Waals surface area (Å²) in [5.41, 5.74) is 1.44. The normalized spacial score (nSPS) is 24.4. The quantitative estimate of drug-likeness (QED) is 0.817. The van der Waals surface area contributed by atoms with Crippen LogP contribution in [0.25, 0.3) is 0 Å². The Morgan fingerprint density at radius 3 is 2.25 bits per heavy atom. The predicted molar refractivity (Wildman–Crippen MR) is 90.7 cm³/mol. The van der Waals surface area contributed by atoms with Gasteiger partial charge >= 0.3 is 0 Å². The summed E-state index contributed by atoms with van der Waals surface area (Å²) in [6.07, 6.45) is 8.29. The molecule has 1 saturated carbocycles. The second kappa shape index (κ2) is 8.09. The van der Waals surface area contributed by atoms with Gasteiger partial charge in [-0.3, -0.25) is 0 Å². The smallest absolute Gasteiger partial charge is 0.0248 e. The molecule has 1 nitrogen and oxygen atoms in total. The predicted octanol–water partition coefficient (Wildman–Crippen LogP) is 5.21. The number of rotatable bonds is 4. The Hall–Kier alpha value is -0.470. The van der Waals surface area contributed by atoms with Crippen molar-refractivity contribution < 1.29 is 0 Å². The summed E-state index contributed by atoms with van der Waals surface area (Å²) in [5.74, 6) is 0.625. The molecule has 1 fully saturated rings. The Morgan fingerprint density at radius 2 is 1.65 bits per heavy atom. The van der Waals surface area contributed by atoms with Crippen LogP contribution in [0.1, 0.15) is 63.9 Å². The average molecular weight is 292 g/mol.